The Morgan fingerprint density at radius 2 is 1.76 bits per heavy atom. The van der Waals surface area contributed by atoms with E-state index in [0.29, 0.717) is 24.1 Å². The highest BCUT2D eigenvalue weighted by molar-refractivity contribution is 5.91. The molecule has 0 saturated heterocycles. The van der Waals surface area contributed by atoms with Crippen LogP contribution in [-0.4, -0.2) is 25.7 Å². The average molecular weight is 397 g/mol. The van der Waals surface area contributed by atoms with Gasteiger partial charge in [-0.3, -0.25) is 4.79 Å². The van der Waals surface area contributed by atoms with Gasteiger partial charge in [-0.2, -0.15) is 0 Å². The molecule has 1 aliphatic carbocycles. The fourth-order valence-electron chi connectivity index (χ4n) is 3.73. The lowest BCUT2D eigenvalue weighted by atomic mass is 10.1. The van der Waals surface area contributed by atoms with Crippen LogP contribution in [-0.2, 0) is 11.3 Å². The van der Waals surface area contributed by atoms with Crippen molar-refractivity contribution >= 4 is 11.6 Å². The predicted molar refractivity (Wildman–Crippen MR) is 117 cm³/mol. The van der Waals surface area contributed by atoms with Crippen molar-refractivity contribution in [1.29, 1.82) is 0 Å². The second-order valence-electron chi connectivity index (χ2n) is 7.72. The Kier molecular flexibility index (Phi) is 7.94. The van der Waals surface area contributed by atoms with E-state index in [9.17, 15) is 4.79 Å². The van der Waals surface area contributed by atoms with Crippen LogP contribution in [0.15, 0.2) is 42.5 Å². The molecule has 0 radical (unpaired) electrons. The first-order valence-corrected chi connectivity index (χ1v) is 10.5. The van der Waals surface area contributed by atoms with Gasteiger partial charge < -0.3 is 20.1 Å². The maximum absolute atomic E-state index is 12.3. The lowest BCUT2D eigenvalue weighted by Crippen LogP contribution is -2.28. The molecule has 29 heavy (non-hydrogen) atoms. The Hall–Kier alpha value is -2.53. The number of hydrogen-bond acceptors (Lipinski definition) is 4. The highest BCUT2D eigenvalue weighted by atomic mass is 16.5. The van der Waals surface area contributed by atoms with Gasteiger partial charge in [0.1, 0.15) is 0 Å². The van der Waals surface area contributed by atoms with Crippen molar-refractivity contribution in [2.75, 3.05) is 19.0 Å². The minimum Gasteiger partial charge on any atom is -0.493 e. The van der Waals surface area contributed by atoms with E-state index in [2.05, 4.69) is 10.6 Å². The molecule has 5 heteroatoms. The summed E-state index contributed by atoms with van der Waals surface area (Å²) in [7, 11) is 1.62. The van der Waals surface area contributed by atoms with Crippen molar-refractivity contribution in [3.05, 3.63) is 53.6 Å². The molecule has 0 aromatic heterocycles. The van der Waals surface area contributed by atoms with Crippen LogP contribution in [0.5, 0.6) is 11.5 Å². The fourth-order valence-corrected chi connectivity index (χ4v) is 3.73. The number of carbonyl (C=O) groups is 1. The lowest BCUT2D eigenvalue weighted by Gasteiger charge is -2.19. The molecule has 0 spiro atoms. The first kappa shape index (κ1) is 21.2. The number of methoxy groups -OCH3 is 1. The molecule has 1 aliphatic rings. The highest BCUT2D eigenvalue weighted by Gasteiger charge is 2.16. The van der Waals surface area contributed by atoms with Gasteiger partial charge in [-0.15, -0.1) is 0 Å². The summed E-state index contributed by atoms with van der Waals surface area (Å²) in [6, 6.07) is 14.1. The maximum atomic E-state index is 12.3. The van der Waals surface area contributed by atoms with E-state index in [-0.39, 0.29) is 12.5 Å². The number of ether oxygens (including phenoxy) is 2. The summed E-state index contributed by atoms with van der Waals surface area (Å²) in [5.74, 6) is 1.09. The van der Waals surface area contributed by atoms with Gasteiger partial charge >= 0.3 is 0 Å². The van der Waals surface area contributed by atoms with Gasteiger partial charge in [-0.25, -0.2) is 0 Å². The zero-order valence-corrected chi connectivity index (χ0v) is 17.5. The molecule has 1 saturated carbocycles. The Morgan fingerprint density at radius 3 is 2.45 bits per heavy atom. The van der Waals surface area contributed by atoms with Crippen LogP contribution in [0.25, 0.3) is 0 Å². The second kappa shape index (κ2) is 10.9. The summed E-state index contributed by atoms with van der Waals surface area (Å²) in [6.45, 7) is 2.66. The van der Waals surface area contributed by atoms with Crippen molar-refractivity contribution in [2.45, 2.75) is 58.0 Å². The topological polar surface area (TPSA) is 59.6 Å². The van der Waals surface area contributed by atoms with Gasteiger partial charge in [0.05, 0.1) is 7.11 Å². The van der Waals surface area contributed by atoms with E-state index >= 15 is 0 Å². The van der Waals surface area contributed by atoms with Crippen molar-refractivity contribution < 1.29 is 14.3 Å². The zero-order chi connectivity index (χ0) is 20.5. The Bertz CT molecular complexity index is 781. The molecular formula is C24H32N2O3. The number of amides is 1. The van der Waals surface area contributed by atoms with E-state index in [1.165, 1.54) is 38.5 Å². The van der Waals surface area contributed by atoms with E-state index < -0.39 is 0 Å². The zero-order valence-electron chi connectivity index (χ0n) is 17.5. The number of para-hydroxylation sites is 1. The lowest BCUT2D eigenvalue weighted by molar-refractivity contribution is -0.118. The van der Waals surface area contributed by atoms with Gasteiger partial charge in [0.25, 0.3) is 5.91 Å². The van der Waals surface area contributed by atoms with Crippen LogP contribution in [0.4, 0.5) is 5.69 Å². The summed E-state index contributed by atoms with van der Waals surface area (Å²) in [4.78, 5) is 12.3. The largest absolute Gasteiger partial charge is 0.493 e. The third kappa shape index (κ3) is 6.50. The third-order valence-electron chi connectivity index (χ3n) is 5.40. The van der Waals surface area contributed by atoms with Crippen molar-refractivity contribution in [3.63, 3.8) is 0 Å². The van der Waals surface area contributed by atoms with Crippen LogP contribution in [0.2, 0.25) is 0 Å². The molecule has 156 valence electrons. The molecule has 2 N–H and O–H groups in total. The number of nitrogens with one attached hydrogen (secondary N) is 2. The Labute approximate surface area is 173 Å². The minimum atomic E-state index is -0.192. The molecule has 5 nitrogen and oxygen atoms in total. The van der Waals surface area contributed by atoms with Gasteiger partial charge in [0.15, 0.2) is 18.1 Å². The summed E-state index contributed by atoms with van der Waals surface area (Å²) in [6.07, 6.45) is 7.69. The van der Waals surface area contributed by atoms with Crippen LogP contribution < -0.4 is 20.1 Å². The quantitative estimate of drug-likeness (QED) is 0.627. The normalized spacial score (nSPS) is 14.8. The Balaban J connectivity index is 1.60. The molecule has 0 bridgehead atoms. The molecule has 0 aliphatic heterocycles. The predicted octanol–water partition coefficient (Wildman–Crippen LogP) is 4.83. The van der Waals surface area contributed by atoms with Crippen molar-refractivity contribution in [1.82, 2.24) is 5.32 Å². The molecular weight excluding hydrogens is 364 g/mol. The number of anilines is 1. The molecule has 0 atom stereocenters. The van der Waals surface area contributed by atoms with Crippen LogP contribution >= 0.6 is 0 Å². The number of hydrogen-bond donors (Lipinski definition) is 2. The molecule has 1 amide bonds. The molecule has 0 unspecified atom stereocenters. The van der Waals surface area contributed by atoms with Gasteiger partial charge in [0, 0.05) is 23.8 Å². The standard InChI is InChI=1S/C24H32N2O3/c1-18-12-14-21(15-13-18)26-23(27)17-29-24-19(8-7-11-22(24)28-2)16-25-20-9-5-3-4-6-10-20/h7-8,11-15,20,25H,3-6,9-10,16-17H2,1-2H3,(H,26,27). The summed E-state index contributed by atoms with van der Waals surface area (Å²) in [5.41, 5.74) is 2.93. The molecule has 1 fully saturated rings. The van der Waals surface area contributed by atoms with Gasteiger partial charge in [0.2, 0.25) is 0 Å². The third-order valence-corrected chi connectivity index (χ3v) is 5.40. The molecule has 0 heterocycles. The van der Waals surface area contributed by atoms with E-state index in [1.807, 2.05) is 49.4 Å². The number of carbonyl (C=O) groups excluding carboxylic acids is 1. The van der Waals surface area contributed by atoms with E-state index in [1.54, 1.807) is 7.11 Å². The van der Waals surface area contributed by atoms with E-state index in [0.717, 1.165) is 16.8 Å². The van der Waals surface area contributed by atoms with E-state index in [4.69, 9.17) is 9.47 Å². The first-order chi connectivity index (χ1) is 14.2. The van der Waals surface area contributed by atoms with Crippen molar-refractivity contribution in [2.24, 2.45) is 0 Å². The van der Waals surface area contributed by atoms with Crippen LogP contribution in [0, 0.1) is 6.92 Å². The molecule has 2 aromatic rings. The number of rotatable bonds is 8. The molecule has 2 aromatic carbocycles. The minimum absolute atomic E-state index is 0.0648. The first-order valence-electron chi connectivity index (χ1n) is 10.5. The summed E-state index contributed by atoms with van der Waals surface area (Å²) in [5, 5.41) is 6.53. The van der Waals surface area contributed by atoms with Crippen LogP contribution in [0.1, 0.15) is 49.7 Å². The summed E-state index contributed by atoms with van der Waals surface area (Å²) >= 11 is 0. The summed E-state index contributed by atoms with van der Waals surface area (Å²) < 4.78 is 11.4. The smallest absolute Gasteiger partial charge is 0.262 e. The fraction of sp³-hybridized carbons (Fsp3) is 0.458. The van der Waals surface area contributed by atoms with Crippen molar-refractivity contribution in [3.8, 4) is 11.5 Å². The van der Waals surface area contributed by atoms with Gasteiger partial charge in [-0.05, 0) is 38.0 Å². The molecule has 3 rings (SSSR count). The van der Waals surface area contributed by atoms with Gasteiger partial charge in [-0.1, -0.05) is 55.5 Å². The maximum Gasteiger partial charge on any atom is 0.262 e. The number of aryl methyl sites for hydroxylation is 1. The highest BCUT2D eigenvalue weighted by Crippen LogP contribution is 2.31. The number of benzene rings is 2. The monoisotopic (exact) mass is 396 g/mol. The Morgan fingerprint density at radius 1 is 1.03 bits per heavy atom. The average Bonchev–Trinajstić information content (AvgIpc) is 3.01. The second-order valence-corrected chi connectivity index (χ2v) is 7.72. The SMILES string of the molecule is COc1cccc(CNC2CCCCCC2)c1OCC(=O)Nc1ccc(C)cc1. The van der Waals surface area contributed by atoms with Crippen LogP contribution in [0.3, 0.4) is 0 Å².